The summed E-state index contributed by atoms with van der Waals surface area (Å²) in [5.41, 5.74) is 4.40. The molecule has 33 heavy (non-hydrogen) atoms. The van der Waals surface area contributed by atoms with Crippen LogP contribution >= 0.6 is 0 Å². The number of carbonyl (C=O) groups is 1. The van der Waals surface area contributed by atoms with Crippen LogP contribution in [-0.2, 0) is 0 Å². The lowest BCUT2D eigenvalue weighted by Crippen LogP contribution is -2.48. The number of rotatable bonds is 2. The standard InChI is InChI=1S/C24H24N6O3/c1-14-11-20(27-30-13-15(2)25-21(14)30)19-4-3-17-18(26-19)6-9-28(22(17)31)16-5-10-29(23(32)33)24(12-16)7-8-24/h3-4,6,9,11,13,16H,5,7-8,10,12H2,1-2H3,(H,32,33). The molecule has 2 aliphatic rings. The maximum Gasteiger partial charge on any atom is 0.407 e. The number of likely N-dealkylation sites (tertiary alicyclic amines) is 1. The Morgan fingerprint density at radius 2 is 1.97 bits per heavy atom. The van der Waals surface area contributed by atoms with Gasteiger partial charge in [-0.05, 0) is 69.4 Å². The van der Waals surface area contributed by atoms with Gasteiger partial charge in [0.05, 0.1) is 28.5 Å². The van der Waals surface area contributed by atoms with Crippen LogP contribution in [0.25, 0.3) is 27.9 Å². The Morgan fingerprint density at radius 3 is 2.73 bits per heavy atom. The van der Waals surface area contributed by atoms with Crippen molar-refractivity contribution in [3.63, 3.8) is 0 Å². The fourth-order valence-corrected chi connectivity index (χ4v) is 5.26. The van der Waals surface area contributed by atoms with Crippen molar-refractivity contribution in [2.75, 3.05) is 6.54 Å². The van der Waals surface area contributed by atoms with Crippen molar-refractivity contribution in [1.29, 1.82) is 0 Å². The number of aryl methyl sites for hydroxylation is 2. The number of hydrogen-bond donors (Lipinski definition) is 1. The Labute approximate surface area is 189 Å². The average Bonchev–Trinajstić information content (AvgIpc) is 3.42. The zero-order valence-electron chi connectivity index (χ0n) is 18.5. The Balaban J connectivity index is 1.36. The second-order valence-corrected chi connectivity index (χ2v) is 9.33. The van der Waals surface area contributed by atoms with Crippen molar-refractivity contribution in [2.24, 2.45) is 0 Å². The predicted octanol–water partition coefficient (Wildman–Crippen LogP) is 3.57. The zero-order valence-corrected chi connectivity index (χ0v) is 18.5. The predicted molar refractivity (Wildman–Crippen MR) is 122 cm³/mol. The fourth-order valence-electron chi connectivity index (χ4n) is 5.26. The van der Waals surface area contributed by atoms with Crippen LogP contribution in [0, 0.1) is 13.8 Å². The summed E-state index contributed by atoms with van der Waals surface area (Å²) in [4.78, 5) is 35.7. The van der Waals surface area contributed by atoms with E-state index in [4.69, 9.17) is 4.98 Å². The molecular weight excluding hydrogens is 420 g/mol. The van der Waals surface area contributed by atoms with Gasteiger partial charge in [-0.1, -0.05) is 0 Å². The van der Waals surface area contributed by atoms with Crippen molar-refractivity contribution in [3.8, 4) is 11.4 Å². The molecule has 0 bridgehead atoms. The van der Waals surface area contributed by atoms with E-state index in [-0.39, 0.29) is 17.1 Å². The van der Waals surface area contributed by atoms with E-state index in [2.05, 4.69) is 10.1 Å². The third kappa shape index (κ3) is 3.10. The highest BCUT2D eigenvalue weighted by Crippen LogP contribution is 2.51. The van der Waals surface area contributed by atoms with Crippen LogP contribution in [0.4, 0.5) is 4.79 Å². The number of fused-ring (bicyclic) bond motifs is 2. The van der Waals surface area contributed by atoms with Crippen molar-refractivity contribution in [2.45, 2.75) is 51.1 Å². The summed E-state index contributed by atoms with van der Waals surface area (Å²) in [6.45, 7) is 4.39. The molecule has 5 heterocycles. The summed E-state index contributed by atoms with van der Waals surface area (Å²) in [5.74, 6) is 0. The summed E-state index contributed by atoms with van der Waals surface area (Å²) in [5, 5.41) is 14.7. The molecule has 1 unspecified atom stereocenters. The lowest BCUT2D eigenvalue weighted by molar-refractivity contribution is 0.0805. The van der Waals surface area contributed by atoms with Gasteiger partial charge in [-0.25, -0.2) is 19.3 Å². The SMILES string of the molecule is Cc1cn2nc(-c3ccc4c(=O)n(C5CCN(C(=O)O)C6(CC6)C5)ccc4n3)cc(C)c2n1. The topological polar surface area (TPSA) is 106 Å². The number of carboxylic acid groups (broad SMARTS) is 1. The molecule has 0 aromatic carbocycles. The third-order valence-electron chi connectivity index (χ3n) is 7.10. The number of hydrogen-bond acceptors (Lipinski definition) is 5. The first-order valence-corrected chi connectivity index (χ1v) is 11.2. The normalized spacial score (nSPS) is 19.5. The van der Waals surface area contributed by atoms with Crippen LogP contribution < -0.4 is 5.56 Å². The molecule has 1 atom stereocenters. The van der Waals surface area contributed by atoms with Gasteiger partial charge in [0, 0.05) is 24.3 Å². The van der Waals surface area contributed by atoms with Crippen molar-refractivity contribution < 1.29 is 9.90 Å². The Hall–Kier alpha value is -3.75. The molecule has 6 rings (SSSR count). The van der Waals surface area contributed by atoms with Crippen molar-refractivity contribution >= 4 is 22.6 Å². The number of pyridine rings is 2. The van der Waals surface area contributed by atoms with Crippen LogP contribution in [0.15, 0.2) is 41.5 Å². The summed E-state index contributed by atoms with van der Waals surface area (Å²) in [6.07, 6.45) is 5.89. The quantitative estimate of drug-likeness (QED) is 0.507. The molecule has 1 saturated carbocycles. The molecule has 4 aromatic heterocycles. The first-order valence-electron chi connectivity index (χ1n) is 11.2. The van der Waals surface area contributed by atoms with E-state index in [1.807, 2.05) is 44.3 Å². The Bertz CT molecular complexity index is 1500. The number of nitrogens with zero attached hydrogens (tertiary/aromatic N) is 6. The molecule has 1 amide bonds. The smallest absolute Gasteiger partial charge is 0.407 e. The molecule has 1 spiro atoms. The van der Waals surface area contributed by atoms with E-state index in [1.165, 1.54) is 0 Å². The van der Waals surface area contributed by atoms with Crippen LogP contribution in [-0.4, -0.2) is 52.3 Å². The van der Waals surface area contributed by atoms with Gasteiger partial charge in [0.15, 0.2) is 5.65 Å². The van der Waals surface area contributed by atoms with Gasteiger partial charge in [-0.3, -0.25) is 4.79 Å². The molecule has 1 aliphatic heterocycles. The lowest BCUT2D eigenvalue weighted by Gasteiger charge is -2.39. The first-order chi connectivity index (χ1) is 15.8. The molecule has 168 valence electrons. The Kier molecular flexibility index (Phi) is 4.14. The summed E-state index contributed by atoms with van der Waals surface area (Å²) >= 11 is 0. The van der Waals surface area contributed by atoms with Gasteiger partial charge in [-0.2, -0.15) is 5.10 Å². The van der Waals surface area contributed by atoms with Crippen LogP contribution in [0.2, 0.25) is 0 Å². The third-order valence-corrected chi connectivity index (χ3v) is 7.10. The van der Waals surface area contributed by atoms with Gasteiger partial charge in [0.1, 0.15) is 5.69 Å². The maximum absolute atomic E-state index is 13.3. The van der Waals surface area contributed by atoms with Gasteiger partial charge in [-0.15, -0.1) is 0 Å². The number of amides is 1. The highest BCUT2D eigenvalue weighted by molar-refractivity contribution is 5.80. The van der Waals surface area contributed by atoms with Gasteiger partial charge >= 0.3 is 6.09 Å². The molecule has 1 N–H and O–H groups in total. The monoisotopic (exact) mass is 444 g/mol. The van der Waals surface area contributed by atoms with Crippen LogP contribution in [0.5, 0.6) is 0 Å². The summed E-state index contributed by atoms with van der Waals surface area (Å²) in [7, 11) is 0. The fraction of sp³-hybridized carbons (Fsp3) is 0.375. The molecule has 9 heteroatoms. The zero-order chi connectivity index (χ0) is 22.9. The average molecular weight is 444 g/mol. The minimum atomic E-state index is -0.860. The molecule has 2 fully saturated rings. The molecule has 9 nitrogen and oxygen atoms in total. The van der Waals surface area contributed by atoms with E-state index >= 15 is 0 Å². The lowest BCUT2D eigenvalue weighted by atomic mass is 9.95. The summed E-state index contributed by atoms with van der Waals surface area (Å²) in [6, 6.07) is 7.48. The van der Waals surface area contributed by atoms with Crippen LogP contribution in [0.3, 0.4) is 0 Å². The number of imidazole rings is 1. The summed E-state index contributed by atoms with van der Waals surface area (Å²) < 4.78 is 3.53. The van der Waals surface area contributed by atoms with Crippen molar-refractivity contribution in [1.82, 2.24) is 29.0 Å². The molecule has 1 saturated heterocycles. The molecule has 1 aliphatic carbocycles. The van der Waals surface area contributed by atoms with Gasteiger partial charge in [0.2, 0.25) is 0 Å². The van der Waals surface area contributed by atoms with Gasteiger partial charge < -0.3 is 14.6 Å². The van der Waals surface area contributed by atoms with Crippen molar-refractivity contribution in [3.05, 3.63) is 58.3 Å². The molecule has 0 radical (unpaired) electrons. The number of aromatic nitrogens is 5. The second kappa shape index (κ2) is 6.87. The van der Waals surface area contributed by atoms with E-state index in [1.54, 1.807) is 20.2 Å². The second-order valence-electron chi connectivity index (χ2n) is 9.33. The highest BCUT2D eigenvalue weighted by Gasteiger charge is 2.54. The maximum atomic E-state index is 13.3. The minimum absolute atomic E-state index is 0.00381. The minimum Gasteiger partial charge on any atom is -0.465 e. The largest absolute Gasteiger partial charge is 0.465 e. The van der Waals surface area contributed by atoms with E-state index in [9.17, 15) is 14.7 Å². The number of piperidine rings is 1. The molecular formula is C24H24N6O3. The van der Waals surface area contributed by atoms with Gasteiger partial charge in [0.25, 0.3) is 5.56 Å². The highest BCUT2D eigenvalue weighted by atomic mass is 16.4. The Morgan fingerprint density at radius 1 is 1.15 bits per heavy atom. The van der Waals surface area contributed by atoms with E-state index in [0.717, 1.165) is 35.4 Å². The first kappa shape index (κ1) is 19.9. The van der Waals surface area contributed by atoms with Crippen LogP contribution in [0.1, 0.15) is 43.0 Å². The van der Waals surface area contributed by atoms with E-state index < -0.39 is 6.09 Å². The molecule has 4 aromatic rings. The van der Waals surface area contributed by atoms with E-state index in [0.29, 0.717) is 36.0 Å².